The number of halogens is 6. The SMILES string of the molecule is COCCN1CCO[C@@H]2CN(Cc3ccccn3)C[C@@H]2C1.O=C(O)C(F)(F)F.O=C(O)C(F)(F)F. The lowest BCUT2D eigenvalue weighted by atomic mass is 10.1. The number of aliphatic carboxylic acids is 2. The zero-order chi connectivity index (χ0) is 26.6. The molecule has 35 heavy (non-hydrogen) atoms. The number of pyridine rings is 1. The molecule has 0 amide bonds. The van der Waals surface area contributed by atoms with E-state index in [2.05, 4.69) is 26.9 Å². The fourth-order valence-electron chi connectivity index (χ4n) is 3.32. The molecule has 3 heterocycles. The molecule has 0 unspecified atom stereocenters. The van der Waals surface area contributed by atoms with Crippen LogP contribution in [0.15, 0.2) is 24.4 Å². The molecule has 15 heteroatoms. The van der Waals surface area contributed by atoms with Crippen LogP contribution in [-0.4, -0.2) is 108 Å². The maximum Gasteiger partial charge on any atom is 0.490 e. The van der Waals surface area contributed by atoms with Gasteiger partial charge in [0.2, 0.25) is 0 Å². The summed E-state index contributed by atoms with van der Waals surface area (Å²) in [4.78, 5) is 27.2. The zero-order valence-electron chi connectivity index (χ0n) is 18.8. The molecular formula is C20H27F6N3O6. The van der Waals surface area contributed by atoms with Crippen LogP contribution in [-0.2, 0) is 25.6 Å². The molecule has 0 aromatic carbocycles. The van der Waals surface area contributed by atoms with E-state index in [-0.39, 0.29) is 0 Å². The normalized spacial score (nSPS) is 21.0. The van der Waals surface area contributed by atoms with Crippen LogP contribution in [0.3, 0.4) is 0 Å². The summed E-state index contributed by atoms with van der Waals surface area (Å²) in [5.41, 5.74) is 1.14. The van der Waals surface area contributed by atoms with Crippen LogP contribution in [0.1, 0.15) is 5.69 Å². The van der Waals surface area contributed by atoms with Gasteiger partial charge in [0.25, 0.3) is 0 Å². The average molecular weight is 519 g/mol. The van der Waals surface area contributed by atoms with E-state index in [1.54, 1.807) is 7.11 Å². The summed E-state index contributed by atoms with van der Waals surface area (Å²) >= 11 is 0. The highest BCUT2D eigenvalue weighted by Gasteiger charge is 2.39. The molecule has 9 nitrogen and oxygen atoms in total. The molecule has 2 atom stereocenters. The van der Waals surface area contributed by atoms with Gasteiger partial charge in [0.1, 0.15) is 0 Å². The fraction of sp³-hybridized carbons (Fsp3) is 0.650. The summed E-state index contributed by atoms with van der Waals surface area (Å²) in [7, 11) is 1.77. The van der Waals surface area contributed by atoms with E-state index in [0.29, 0.717) is 12.0 Å². The maximum atomic E-state index is 10.6. The van der Waals surface area contributed by atoms with E-state index in [1.165, 1.54) is 0 Å². The predicted octanol–water partition coefficient (Wildman–Crippen LogP) is 2.13. The minimum absolute atomic E-state index is 0.376. The van der Waals surface area contributed by atoms with Gasteiger partial charge in [0.05, 0.1) is 25.0 Å². The minimum atomic E-state index is -5.08. The lowest BCUT2D eigenvalue weighted by Crippen LogP contribution is -2.34. The largest absolute Gasteiger partial charge is 0.490 e. The summed E-state index contributed by atoms with van der Waals surface area (Å²) in [5.74, 6) is -4.91. The smallest absolute Gasteiger partial charge is 0.475 e. The van der Waals surface area contributed by atoms with Crippen molar-refractivity contribution in [3.05, 3.63) is 30.1 Å². The van der Waals surface area contributed by atoms with Crippen molar-refractivity contribution in [1.82, 2.24) is 14.8 Å². The lowest BCUT2D eigenvalue weighted by Gasteiger charge is -2.22. The molecule has 2 saturated heterocycles. The van der Waals surface area contributed by atoms with Gasteiger partial charge in [0.15, 0.2) is 0 Å². The molecule has 0 radical (unpaired) electrons. The second-order valence-corrected chi connectivity index (χ2v) is 7.58. The number of hydrogen-bond acceptors (Lipinski definition) is 7. The number of alkyl halides is 6. The number of aromatic nitrogens is 1. The van der Waals surface area contributed by atoms with Crippen LogP contribution in [0.5, 0.6) is 0 Å². The highest BCUT2D eigenvalue weighted by molar-refractivity contribution is 5.73. The van der Waals surface area contributed by atoms with Gasteiger partial charge in [-0.25, -0.2) is 9.59 Å². The van der Waals surface area contributed by atoms with Crippen molar-refractivity contribution in [2.24, 2.45) is 5.92 Å². The van der Waals surface area contributed by atoms with Crippen molar-refractivity contribution in [3.63, 3.8) is 0 Å². The van der Waals surface area contributed by atoms with Crippen LogP contribution in [0.25, 0.3) is 0 Å². The van der Waals surface area contributed by atoms with Crippen LogP contribution in [0.2, 0.25) is 0 Å². The number of carbonyl (C=O) groups is 2. The first-order valence-electron chi connectivity index (χ1n) is 10.3. The predicted molar refractivity (Wildman–Crippen MR) is 108 cm³/mol. The zero-order valence-corrected chi connectivity index (χ0v) is 18.8. The molecule has 2 aliphatic heterocycles. The van der Waals surface area contributed by atoms with Gasteiger partial charge in [-0.05, 0) is 12.1 Å². The van der Waals surface area contributed by atoms with E-state index in [1.807, 2.05) is 12.3 Å². The fourth-order valence-corrected chi connectivity index (χ4v) is 3.32. The molecule has 1 aromatic heterocycles. The van der Waals surface area contributed by atoms with Gasteiger partial charge in [-0.2, -0.15) is 26.3 Å². The third-order valence-electron chi connectivity index (χ3n) is 4.90. The Morgan fingerprint density at radius 2 is 1.63 bits per heavy atom. The third-order valence-corrected chi connectivity index (χ3v) is 4.90. The number of likely N-dealkylation sites (tertiary alicyclic amines) is 1. The van der Waals surface area contributed by atoms with Crippen molar-refractivity contribution in [2.75, 3.05) is 53.0 Å². The number of hydrogen-bond donors (Lipinski definition) is 2. The molecule has 1 aromatic rings. The summed E-state index contributed by atoms with van der Waals surface area (Å²) in [6.07, 6.45) is -7.92. The van der Waals surface area contributed by atoms with Crippen molar-refractivity contribution < 1.29 is 55.6 Å². The lowest BCUT2D eigenvalue weighted by molar-refractivity contribution is -0.193. The number of rotatable bonds is 5. The van der Waals surface area contributed by atoms with Gasteiger partial charge in [-0.3, -0.25) is 14.8 Å². The standard InChI is InChI=1S/C16H25N3O2.2C2HF3O2/c1-20-8-6-18-7-9-21-16-13-19(11-14(16)10-18)12-15-4-2-3-5-17-15;2*3-2(4,5)1(6)7/h2-5,14,16H,6-13H2,1H3;2*(H,6,7)/t14-,16+;;/m0../s1. The Bertz CT molecular complexity index is 755. The van der Waals surface area contributed by atoms with Gasteiger partial charge in [-0.15, -0.1) is 0 Å². The number of nitrogens with zero attached hydrogens (tertiary/aromatic N) is 3. The Kier molecular flexibility index (Phi) is 12.4. The number of carboxylic acids is 2. The second-order valence-electron chi connectivity index (χ2n) is 7.58. The van der Waals surface area contributed by atoms with E-state index in [4.69, 9.17) is 29.3 Å². The first-order chi connectivity index (χ1) is 16.2. The number of methoxy groups -OCH3 is 1. The molecule has 0 bridgehead atoms. The Morgan fingerprint density at radius 3 is 2.11 bits per heavy atom. The van der Waals surface area contributed by atoms with Crippen molar-refractivity contribution in [2.45, 2.75) is 25.0 Å². The van der Waals surface area contributed by atoms with Crippen LogP contribution in [0.4, 0.5) is 26.3 Å². The Balaban J connectivity index is 0.000000362. The van der Waals surface area contributed by atoms with Gasteiger partial charge < -0.3 is 19.7 Å². The van der Waals surface area contributed by atoms with Crippen LogP contribution >= 0.6 is 0 Å². The monoisotopic (exact) mass is 519 g/mol. The van der Waals surface area contributed by atoms with E-state index < -0.39 is 24.3 Å². The summed E-state index contributed by atoms with van der Waals surface area (Å²) in [6, 6.07) is 6.12. The van der Waals surface area contributed by atoms with Crippen molar-refractivity contribution >= 4 is 11.9 Å². The molecule has 3 rings (SSSR count). The Labute approximate surface area is 197 Å². The number of fused-ring (bicyclic) bond motifs is 1. The molecule has 0 saturated carbocycles. The summed E-state index contributed by atoms with van der Waals surface area (Å²) in [6.45, 7) is 7.84. The Hall–Kier alpha value is -2.49. The number of ether oxygens (including phenoxy) is 2. The van der Waals surface area contributed by atoms with Crippen molar-refractivity contribution in [1.29, 1.82) is 0 Å². The van der Waals surface area contributed by atoms with Gasteiger partial charge in [0, 0.05) is 58.5 Å². The highest BCUT2D eigenvalue weighted by atomic mass is 19.4. The van der Waals surface area contributed by atoms with E-state index in [9.17, 15) is 26.3 Å². The minimum Gasteiger partial charge on any atom is -0.475 e. The van der Waals surface area contributed by atoms with E-state index >= 15 is 0 Å². The highest BCUT2D eigenvalue weighted by Crippen LogP contribution is 2.24. The van der Waals surface area contributed by atoms with Crippen LogP contribution < -0.4 is 0 Å². The Morgan fingerprint density at radius 1 is 1.06 bits per heavy atom. The molecule has 200 valence electrons. The summed E-state index contributed by atoms with van der Waals surface area (Å²) < 4.78 is 74.7. The van der Waals surface area contributed by atoms with Gasteiger partial charge in [-0.1, -0.05) is 6.07 Å². The molecular weight excluding hydrogens is 492 g/mol. The number of carboxylic acid groups (broad SMARTS) is 2. The first-order valence-corrected chi connectivity index (χ1v) is 10.3. The van der Waals surface area contributed by atoms with Gasteiger partial charge >= 0.3 is 24.3 Å². The maximum absolute atomic E-state index is 10.6. The van der Waals surface area contributed by atoms with E-state index in [0.717, 1.165) is 58.2 Å². The molecule has 2 aliphatic rings. The average Bonchev–Trinajstić information content (AvgIpc) is 3.02. The topological polar surface area (TPSA) is 112 Å². The van der Waals surface area contributed by atoms with Crippen molar-refractivity contribution in [3.8, 4) is 0 Å². The second kappa shape index (κ2) is 14.2. The molecule has 2 fully saturated rings. The summed E-state index contributed by atoms with van der Waals surface area (Å²) in [5, 5.41) is 14.2. The molecule has 2 N–H and O–H groups in total. The molecule has 0 spiro atoms. The first kappa shape index (κ1) is 30.5. The quantitative estimate of drug-likeness (QED) is 0.565. The molecule has 0 aliphatic carbocycles. The van der Waals surface area contributed by atoms with Crippen LogP contribution in [0, 0.1) is 5.92 Å². The third kappa shape index (κ3) is 12.2.